The van der Waals surface area contributed by atoms with Gasteiger partial charge in [0.15, 0.2) is 5.82 Å². The van der Waals surface area contributed by atoms with Crippen LogP contribution in [0.3, 0.4) is 0 Å². The molecule has 2 N–H and O–H groups in total. The number of morpholine rings is 1. The van der Waals surface area contributed by atoms with Crippen molar-refractivity contribution >= 4 is 11.9 Å². The number of hydrogen-bond donors (Lipinski definition) is 2. The third-order valence-electron chi connectivity index (χ3n) is 5.91. The van der Waals surface area contributed by atoms with Gasteiger partial charge in [0, 0.05) is 37.7 Å². The van der Waals surface area contributed by atoms with Crippen LogP contribution in [0.1, 0.15) is 55.1 Å². The lowest BCUT2D eigenvalue weighted by Gasteiger charge is -2.27. The van der Waals surface area contributed by atoms with E-state index in [9.17, 15) is 9.59 Å². The lowest BCUT2D eigenvalue weighted by molar-refractivity contribution is -0.123. The SMILES string of the molecule is Cc1nc(C2(NC(=O)CCc3c(C)nc(N4CCOCC4)[nH]c3=O)CCCC2)no1. The van der Waals surface area contributed by atoms with Gasteiger partial charge >= 0.3 is 0 Å². The third kappa shape index (κ3) is 4.23. The fourth-order valence-corrected chi connectivity index (χ4v) is 4.26. The zero-order chi connectivity index (χ0) is 21.1. The number of ether oxygens (including phenoxy) is 1. The molecule has 0 bridgehead atoms. The number of amides is 1. The summed E-state index contributed by atoms with van der Waals surface area (Å²) in [7, 11) is 0. The number of rotatable bonds is 6. The molecule has 1 aliphatic carbocycles. The number of hydrogen-bond acceptors (Lipinski definition) is 8. The topological polar surface area (TPSA) is 126 Å². The van der Waals surface area contributed by atoms with Crippen LogP contribution in [0, 0.1) is 13.8 Å². The van der Waals surface area contributed by atoms with E-state index < -0.39 is 5.54 Å². The molecule has 1 amide bonds. The van der Waals surface area contributed by atoms with Crippen LogP contribution >= 0.6 is 0 Å². The highest BCUT2D eigenvalue weighted by Gasteiger charge is 2.41. The van der Waals surface area contributed by atoms with Gasteiger partial charge in [0.25, 0.3) is 5.56 Å². The fraction of sp³-hybridized carbons (Fsp3) is 0.650. The standard InChI is InChI=1S/C20H28N6O4/c1-13-15(17(28)23-19(21-13)26-9-11-29-12-10-26)5-6-16(27)24-20(7-3-4-8-20)18-22-14(2)30-25-18/h3-12H2,1-2H3,(H,24,27)(H,21,23,28). The van der Waals surface area contributed by atoms with Gasteiger partial charge in [-0.15, -0.1) is 0 Å². The van der Waals surface area contributed by atoms with E-state index >= 15 is 0 Å². The molecule has 10 nitrogen and oxygen atoms in total. The number of aromatic nitrogens is 4. The van der Waals surface area contributed by atoms with E-state index in [0.717, 1.165) is 25.7 Å². The summed E-state index contributed by atoms with van der Waals surface area (Å²) in [6, 6.07) is 0. The summed E-state index contributed by atoms with van der Waals surface area (Å²) in [6.45, 7) is 6.18. The molecule has 1 saturated carbocycles. The van der Waals surface area contributed by atoms with Crippen molar-refractivity contribution in [3.05, 3.63) is 33.3 Å². The lowest BCUT2D eigenvalue weighted by Crippen LogP contribution is -2.45. The van der Waals surface area contributed by atoms with E-state index in [1.165, 1.54) is 0 Å². The second kappa shape index (κ2) is 8.55. The van der Waals surface area contributed by atoms with Crippen LogP contribution < -0.4 is 15.8 Å². The van der Waals surface area contributed by atoms with Gasteiger partial charge in [-0.3, -0.25) is 14.6 Å². The van der Waals surface area contributed by atoms with Gasteiger partial charge in [0.05, 0.1) is 13.2 Å². The fourth-order valence-electron chi connectivity index (χ4n) is 4.26. The molecule has 2 aliphatic rings. The van der Waals surface area contributed by atoms with Crippen molar-refractivity contribution in [1.29, 1.82) is 0 Å². The Bertz CT molecular complexity index is 956. The molecule has 1 aliphatic heterocycles. The predicted molar refractivity (Wildman–Crippen MR) is 108 cm³/mol. The van der Waals surface area contributed by atoms with Gasteiger partial charge in [-0.1, -0.05) is 18.0 Å². The minimum atomic E-state index is -0.575. The van der Waals surface area contributed by atoms with Gasteiger partial charge in [-0.25, -0.2) is 4.98 Å². The molecule has 0 radical (unpaired) electrons. The van der Waals surface area contributed by atoms with E-state index in [1.54, 1.807) is 6.92 Å². The first-order valence-corrected chi connectivity index (χ1v) is 10.5. The molecule has 1 saturated heterocycles. The average molecular weight is 416 g/mol. The van der Waals surface area contributed by atoms with Crippen molar-refractivity contribution in [2.24, 2.45) is 0 Å². The number of aryl methyl sites for hydroxylation is 2. The summed E-state index contributed by atoms with van der Waals surface area (Å²) in [5.41, 5.74) is 0.422. The molecule has 2 fully saturated rings. The first-order valence-electron chi connectivity index (χ1n) is 10.5. The Morgan fingerprint density at radius 1 is 1.20 bits per heavy atom. The molecule has 4 rings (SSSR count). The van der Waals surface area contributed by atoms with E-state index in [1.807, 2.05) is 11.8 Å². The van der Waals surface area contributed by atoms with Crippen molar-refractivity contribution in [1.82, 2.24) is 25.4 Å². The number of nitrogens with one attached hydrogen (secondary N) is 2. The number of H-pyrrole nitrogens is 1. The summed E-state index contributed by atoms with van der Waals surface area (Å²) in [5, 5.41) is 7.16. The molecule has 0 atom stereocenters. The van der Waals surface area contributed by atoms with Crippen LogP contribution in [0.2, 0.25) is 0 Å². The Labute approximate surface area is 174 Å². The Balaban J connectivity index is 1.42. The molecule has 162 valence electrons. The van der Waals surface area contributed by atoms with Crippen LogP contribution in [0.25, 0.3) is 0 Å². The molecule has 2 aromatic rings. The molecule has 2 aromatic heterocycles. The van der Waals surface area contributed by atoms with Gasteiger partial charge in [0.1, 0.15) is 5.54 Å². The van der Waals surface area contributed by atoms with Crippen LogP contribution in [0.15, 0.2) is 9.32 Å². The molecule has 3 heterocycles. The van der Waals surface area contributed by atoms with Crippen LogP contribution in [-0.4, -0.2) is 52.3 Å². The quantitative estimate of drug-likeness (QED) is 0.717. The maximum Gasteiger partial charge on any atom is 0.255 e. The summed E-state index contributed by atoms with van der Waals surface area (Å²) in [5.74, 6) is 1.46. The minimum Gasteiger partial charge on any atom is -0.378 e. The largest absolute Gasteiger partial charge is 0.378 e. The van der Waals surface area contributed by atoms with Crippen LogP contribution in [0.4, 0.5) is 5.95 Å². The van der Waals surface area contributed by atoms with Gasteiger partial charge in [-0.05, 0) is 26.2 Å². The van der Waals surface area contributed by atoms with E-state index in [-0.39, 0.29) is 17.9 Å². The third-order valence-corrected chi connectivity index (χ3v) is 5.91. The molecule has 30 heavy (non-hydrogen) atoms. The number of carbonyl (C=O) groups is 1. The van der Waals surface area contributed by atoms with Gasteiger partial charge in [0.2, 0.25) is 17.7 Å². The predicted octanol–water partition coefficient (Wildman–Crippen LogP) is 1.12. The summed E-state index contributed by atoms with van der Waals surface area (Å²) < 4.78 is 10.5. The van der Waals surface area contributed by atoms with Crippen LogP contribution in [-0.2, 0) is 21.5 Å². The van der Waals surface area contributed by atoms with Crippen LogP contribution in [0.5, 0.6) is 0 Å². The molecular formula is C20H28N6O4. The zero-order valence-corrected chi connectivity index (χ0v) is 17.5. The average Bonchev–Trinajstić information content (AvgIpc) is 3.38. The number of carbonyl (C=O) groups excluding carboxylic acids is 1. The molecule has 0 unspecified atom stereocenters. The Hall–Kier alpha value is -2.75. The minimum absolute atomic E-state index is 0.129. The molecular weight excluding hydrogens is 388 g/mol. The Morgan fingerprint density at radius 3 is 2.57 bits per heavy atom. The second-order valence-electron chi connectivity index (χ2n) is 8.03. The molecule has 0 spiro atoms. The number of aromatic amines is 1. The maximum atomic E-state index is 12.7. The normalized spacial score (nSPS) is 18.5. The Kier molecular flexibility index (Phi) is 5.85. The van der Waals surface area contributed by atoms with Gasteiger partial charge < -0.3 is 19.5 Å². The second-order valence-corrected chi connectivity index (χ2v) is 8.03. The van der Waals surface area contributed by atoms with E-state index in [4.69, 9.17) is 9.26 Å². The first kappa shape index (κ1) is 20.5. The number of nitrogens with zero attached hydrogens (tertiary/aromatic N) is 4. The smallest absolute Gasteiger partial charge is 0.255 e. The highest BCUT2D eigenvalue weighted by atomic mass is 16.5. The summed E-state index contributed by atoms with van der Waals surface area (Å²) in [4.78, 5) is 39.1. The molecule has 10 heteroatoms. The van der Waals surface area contributed by atoms with Crippen molar-refractivity contribution in [2.75, 3.05) is 31.2 Å². The Morgan fingerprint density at radius 2 is 1.93 bits per heavy atom. The van der Waals surface area contributed by atoms with E-state index in [2.05, 4.69) is 25.4 Å². The van der Waals surface area contributed by atoms with Crippen molar-refractivity contribution in [3.8, 4) is 0 Å². The maximum absolute atomic E-state index is 12.7. The van der Waals surface area contributed by atoms with E-state index in [0.29, 0.717) is 61.6 Å². The summed E-state index contributed by atoms with van der Waals surface area (Å²) >= 11 is 0. The zero-order valence-electron chi connectivity index (χ0n) is 17.5. The van der Waals surface area contributed by atoms with Gasteiger partial charge in [-0.2, -0.15) is 4.98 Å². The highest BCUT2D eigenvalue weighted by Crippen LogP contribution is 2.37. The summed E-state index contributed by atoms with van der Waals surface area (Å²) in [6.07, 6.45) is 4.09. The van der Waals surface area contributed by atoms with Crippen molar-refractivity contribution in [2.45, 2.75) is 57.9 Å². The van der Waals surface area contributed by atoms with Crippen molar-refractivity contribution in [3.63, 3.8) is 0 Å². The lowest BCUT2D eigenvalue weighted by atomic mass is 9.96. The molecule has 0 aromatic carbocycles. The monoisotopic (exact) mass is 416 g/mol. The highest BCUT2D eigenvalue weighted by molar-refractivity contribution is 5.77. The van der Waals surface area contributed by atoms with Crippen molar-refractivity contribution < 1.29 is 14.1 Å². The number of anilines is 1. The first-order chi connectivity index (χ1) is 14.5.